The maximum atomic E-state index is 13.2. The summed E-state index contributed by atoms with van der Waals surface area (Å²) in [5.74, 6) is -4.74. The SMILES string of the molecule is CCC[CH2][Sn]([CH2]CCC)([CH2]CCC)[O]C(=O)CCC(=O)O[C@@]1([C@@]2(CO)O[C@H](CO)[C@@H](O)[C@@H]2O)O[C@H](CO)[C@@H](O)[C@H](O)[C@H]1O. The zero-order valence-corrected chi connectivity index (χ0v) is 28.3. The summed E-state index contributed by atoms with van der Waals surface area (Å²) in [5.41, 5.74) is -2.68. The van der Waals surface area contributed by atoms with Gasteiger partial charge in [0.05, 0.1) is 0 Å². The van der Waals surface area contributed by atoms with Crippen molar-refractivity contribution in [2.45, 2.75) is 140 Å². The van der Waals surface area contributed by atoms with Crippen molar-refractivity contribution in [2.75, 3.05) is 19.8 Å². The molecule has 43 heavy (non-hydrogen) atoms. The number of hydrogen-bond acceptors (Lipinski definition) is 14. The number of carbonyl (C=O) groups excluding carboxylic acids is 2. The van der Waals surface area contributed by atoms with Crippen molar-refractivity contribution in [1.29, 1.82) is 0 Å². The molecule has 2 heterocycles. The first-order valence-corrected chi connectivity index (χ1v) is 22.6. The Kier molecular flexibility index (Phi) is 15.5. The normalized spacial score (nSPS) is 34.7. The number of esters is 1. The van der Waals surface area contributed by atoms with E-state index in [4.69, 9.17) is 17.3 Å². The molecular formula is C28H52O14Sn. The minimum absolute atomic E-state index is 0.389. The third-order valence-corrected chi connectivity index (χ3v) is 21.3. The van der Waals surface area contributed by atoms with Crippen molar-refractivity contribution in [1.82, 2.24) is 0 Å². The van der Waals surface area contributed by atoms with Crippen LogP contribution in [0.25, 0.3) is 0 Å². The Morgan fingerprint density at radius 2 is 1.19 bits per heavy atom. The molecule has 2 aliphatic rings. The first kappa shape index (κ1) is 38.5. The molecule has 0 aromatic carbocycles. The number of aliphatic hydroxyl groups excluding tert-OH is 8. The summed E-state index contributed by atoms with van der Waals surface area (Å²) in [6.07, 6.45) is -8.88. The van der Waals surface area contributed by atoms with Gasteiger partial charge in [0.15, 0.2) is 0 Å². The molecule has 0 saturated carbocycles. The molecule has 0 unspecified atom stereocenters. The number of unbranched alkanes of at least 4 members (excludes halogenated alkanes) is 3. The molecule has 0 aromatic rings. The van der Waals surface area contributed by atoms with Crippen LogP contribution in [-0.2, 0) is 26.9 Å². The molecule has 0 radical (unpaired) electrons. The van der Waals surface area contributed by atoms with Crippen LogP contribution >= 0.6 is 0 Å². The number of rotatable bonds is 18. The van der Waals surface area contributed by atoms with Crippen LogP contribution in [-0.4, -0.2) is 146 Å². The van der Waals surface area contributed by atoms with Crippen molar-refractivity contribution < 1.29 is 67.7 Å². The van der Waals surface area contributed by atoms with Crippen LogP contribution in [0.4, 0.5) is 0 Å². The van der Waals surface area contributed by atoms with Crippen LogP contribution < -0.4 is 0 Å². The van der Waals surface area contributed by atoms with Crippen LogP contribution in [0.3, 0.4) is 0 Å². The average molecular weight is 731 g/mol. The molecule has 2 rings (SSSR count). The Labute approximate surface area is 257 Å². The van der Waals surface area contributed by atoms with E-state index >= 15 is 0 Å². The average Bonchev–Trinajstić information content (AvgIpc) is 3.26. The van der Waals surface area contributed by atoms with Gasteiger partial charge in [-0.2, -0.15) is 0 Å². The molecule has 0 aliphatic carbocycles. The van der Waals surface area contributed by atoms with E-state index < -0.39 is 111 Å². The zero-order chi connectivity index (χ0) is 32.4. The topological polar surface area (TPSA) is 233 Å². The van der Waals surface area contributed by atoms with Gasteiger partial charge in [-0.3, -0.25) is 0 Å². The monoisotopic (exact) mass is 732 g/mol. The summed E-state index contributed by atoms with van der Waals surface area (Å²) in [4.78, 5) is 26.3. The molecule has 2 aliphatic heterocycles. The second-order valence-corrected chi connectivity index (χ2v) is 23.3. The van der Waals surface area contributed by atoms with E-state index in [0.717, 1.165) is 51.8 Å². The van der Waals surface area contributed by atoms with E-state index in [1.807, 2.05) is 0 Å². The Balaban J connectivity index is 2.35. The van der Waals surface area contributed by atoms with Crippen LogP contribution in [0, 0.1) is 0 Å². The predicted molar refractivity (Wildman–Crippen MR) is 153 cm³/mol. The first-order valence-electron chi connectivity index (χ1n) is 15.4. The standard InChI is InChI=1S/C16H26O14.3C4H9.Sn/c17-3-6-10(23)12(25)14(27)16(29-6,30-9(22)2-1-8(20)21)15(5-19)13(26)11(24)7(4-18)28-15;3*1-3-4-2;/h6-7,10-14,17-19,23-27H,1-5H2,(H,20,21);3*1,3-4H2,2H3;/q;;;;+1/p-1/t6-,7-,10-,11-,12+,13+,14-,15+,16+;;;;/m1..../s1. The van der Waals surface area contributed by atoms with E-state index in [1.54, 1.807) is 0 Å². The van der Waals surface area contributed by atoms with Gasteiger partial charge >= 0.3 is 258 Å². The van der Waals surface area contributed by atoms with Gasteiger partial charge in [-0.1, -0.05) is 0 Å². The Hall–Kier alpha value is -0.661. The van der Waals surface area contributed by atoms with Crippen LogP contribution in [0.2, 0.25) is 13.3 Å². The number of hydrogen-bond donors (Lipinski definition) is 8. The summed E-state index contributed by atoms with van der Waals surface area (Å²) in [6.45, 7) is 3.15. The number of aliphatic hydroxyl groups is 8. The maximum absolute atomic E-state index is 13.2. The molecule has 2 saturated heterocycles. The second-order valence-electron chi connectivity index (χ2n) is 11.7. The summed E-state index contributed by atoms with van der Waals surface area (Å²) in [6, 6.07) is 0. The Morgan fingerprint density at radius 3 is 1.63 bits per heavy atom. The Bertz CT molecular complexity index is 855. The molecule has 0 amide bonds. The Morgan fingerprint density at radius 1 is 0.698 bits per heavy atom. The van der Waals surface area contributed by atoms with Gasteiger partial charge in [0.25, 0.3) is 0 Å². The van der Waals surface area contributed by atoms with Gasteiger partial charge < -0.3 is 0 Å². The predicted octanol–water partition coefficient (Wildman–Crippen LogP) is -0.787. The van der Waals surface area contributed by atoms with E-state index in [2.05, 4.69) is 20.8 Å². The molecule has 9 atom stereocenters. The fourth-order valence-electron chi connectivity index (χ4n) is 5.97. The summed E-state index contributed by atoms with van der Waals surface area (Å²) in [5, 5.41) is 83.2. The minimum atomic E-state index is -3.36. The molecule has 14 nitrogen and oxygen atoms in total. The molecule has 252 valence electrons. The number of ether oxygens (including phenoxy) is 3. The fraction of sp³-hybridized carbons (Fsp3) is 0.929. The van der Waals surface area contributed by atoms with E-state index in [1.165, 1.54) is 0 Å². The fourth-order valence-corrected chi connectivity index (χ4v) is 19.2. The quantitative estimate of drug-likeness (QED) is 0.0639. The van der Waals surface area contributed by atoms with Crippen molar-refractivity contribution in [3.05, 3.63) is 0 Å². The zero-order valence-electron chi connectivity index (χ0n) is 25.5. The van der Waals surface area contributed by atoms with E-state index in [0.29, 0.717) is 0 Å². The molecular weight excluding hydrogens is 679 g/mol. The van der Waals surface area contributed by atoms with Gasteiger partial charge in [0.1, 0.15) is 0 Å². The van der Waals surface area contributed by atoms with Crippen LogP contribution in [0.1, 0.15) is 72.1 Å². The van der Waals surface area contributed by atoms with Crippen LogP contribution in [0.5, 0.6) is 0 Å². The van der Waals surface area contributed by atoms with Gasteiger partial charge in [-0.25, -0.2) is 0 Å². The van der Waals surface area contributed by atoms with Crippen LogP contribution in [0.15, 0.2) is 0 Å². The number of carbonyl (C=O) groups is 2. The molecule has 2 fully saturated rings. The van der Waals surface area contributed by atoms with Crippen molar-refractivity contribution in [3.8, 4) is 0 Å². The molecule has 0 aromatic heterocycles. The molecule has 15 heteroatoms. The van der Waals surface area contributed by atoms with Gasteiger partial charge in [-0.05, 0) is 0 Å². The van der Waals surface area contributed by atoms with Crippen molar-refractivity contribution in [2.24, 2.45) is 0 Å². The van der Waals surface area contributed by atoms with E-state index in [-0.39, 0.29) is 6.42 Å². The third kappa shape index (κ3) is 8.39. The first-order chi connectivity index (χ1) is 20.4. The van der Waals surface area contributed by atoms with Gasteiger partial charge in [0.2, 0.25) is 0 Å². The third-order valence-electron chi connectivity index (χ3n) is 8.59. The molecule has 8 N–H and O–H groups in total. The van der Waals surface area contributed by atoms with E-state index in [9.17, 15) is 50.4 Å². The van der Waals surface area contributed by atoms with Gasteiger partial charge in [0, 0.05) is 0 Å². The summed E-state index contributed by atoms with van der Waals surface area (Å²) < 4.78 is 25.5. The molecule has 0 bridgehead atoms. The van der Waals surface area contributed by atoms with Crippen molar-refractivity contribution >= 4 is 30.7 Å². The summed E-state index contributed by atoms with van der Waals surface area (Å²) >= 11 is -3.36. The second kappa shape index (κ2) is 17.3. The van der Waals surface area contributed by atoms with Crippen molar-refractivity contribution in [3.63, 3.8) is 0 Å². The summed E-state index contributed by atoms with van der Waals surface area (Å²) in [7, 11) is 0. The van der Waals surface area contributed by atoms with Gasteiger partial charge in [-0.15, -0.1) is 0 Å². The molecule has 0 spiro atoms.